The second-order valence-electron chi connectivity index (χ2n) is 13.8. The fraction of sp³-hybridized carbons (Fsp3) is 0.511. The van der Waals surface area contributed by atoms with Crippen molar-refractivity contribution in [1.29, 1.82) is 0 Å². The van der Waals surface area contributed by atoms with E-state index in [1.807, 2.05) is 58.0 Å². The number of likely N-dealkylation sites (N-methyl/N-ethyl adjacent to an activating group) is 1. The first kappa shape index (κ1) is 48.6. The quantitative estimate of drug-likeness (QED) is 0.0371. The minimum Gasteiger partial charge on any atom is -0.502 e. The van der Waals surface area contributed by atoms with E-state index in [1.54, 1.807) is 25.3 Å². The Kier molecular flexibility index (Phi) is 24.8. The van der Waals surface area contributed by atoms with Crippen molar-refractivity contribution in [2.24, 2.45) is 0 Å². The molecule has 0 saturated heterocycles. The van der Waals surface area contributed by atoms with Gasteiger partial charge < -0.3 is 24.8 Å². The maximum absolute atomic E-state index is 13.6. The lowest BCUT2D eigenvalue weighted by molar-refractivity contribution is -0.117. The predicted molar refractivity (Wildman–Crippen MR) is 235 cm³/mol. The van der Waals surface area contributed by atoms with Crippen molar-refractivity contribution in [3.05, 3.63) is 94.9 Å². The summed E-state index contributed by atoms with van der Waals surface area (Å²) in [6, 6.07) is 10.7. The van der Waals surface area contributed by atoms with E-state index in [1.165, 1.54) is 54.8 Å². The third-order valence-corrected chi connectivity index (χ3v) is 9.12. The number of fused-ring (bicyclic) bond motifs is 1. The number of nitrogens with one attached hydrogen (secondary N) is 2. The van der Waals surface area contributed by atoms with Gasteiger partial charge in [-0.3, -0.25) is 14.4 Å². The number of hydrogen-bond acceptors (Lipinski definition) is 5. The second kappa shape index (κ2) is 28.0. The fourth-order valence-corrected chi connectivity index (χ4v) is 6.28. The molecule has 0 aliphatic heterocycles. The van der Waals surface area contributed by atoms with E-state index in [2.05, 4.69) is 80.0 Å². The van der Waals surface area contributed by atoms with Gasteiger partial charge >= 0.3 is 0 Å². The number of aromatic nitrogens is 1. The van der Waals surface area contributed by atoms with Crippen molar-refractivity contribution < 1.29 is 19.1 Å². The molecule has 3 rings (SSSR count). The SMILES string of the molecule is C/C=C\Cc1c(C(C)CCCCCC)c2ccc(C(=O)NC(C)C(=O)Nc3ccc(/C=C/C=O)c(C)c3)cc2n1CCN(C)C/C=C/OCC.CC.CCC. The summed E-state index contributed by atoms with van der Waals surface area (Å²) in [5.74, 6) is -0.229. The van der Waals surface area contributed by atoms with Crippen LogP contribution >= 0.6 is 0 Å². The molecule has 2 aromatic carbocycles. The lowest BCUT2D eigenvalue weighted by atomic mass is 9.91. The van der Waals surface area contributed by atoms with Crippen LogP contribution in [0, 0.1) is 6.92 Å². The molecule has 0 fully saturated rings. The van der Waals surface area contributed by atoms with E-state index in [-0.39, 0.29) is 11.8 Å². The maximum Gasteiger partial charge on any atom is 0.251 e. The molecule has 0 bridgehead atoms. The maximum atomic E-state index is 13.6. The largest absolute Gasteiger partial charge is 0.502 e. The summed E-state index contributed by atoms with van der Waals surface area (Å²) < 4.78 is 7.78. The van der Waals surface area contributed by atoms with Gasteiger partial charge in [0, 0.05) is 53.9 Å². The number of aldehydes is 1. The molecule has 304 valence electrons. The standard InChI is InChI=1S/C42H58N4O4.C3H8.C2H6/c1-8-11-13-14-17-31(4)40-37-23-21-35(30-39(37)46(38(40)19-12-9-2)26-25-45(7)24-16-28-50-10-3)42(49)43-33(6)41(48)44-36-22-20-34(18-15-27-47)32(5)29-36;1-3-2;1-2/h9,12,15-16,18,20-23,27-31,33H,8,10-11,13-14,17,19,24-26H2,1-7H3,(H,43,49)(H,44,48);3H2,1-2H3;1-2H3/b12-9-,18-15+,28-16+;;. The Morgan fingerprint density at radius 1 is 0.982 bits per heavy atom. The average Bonchev–Trinajstić information content (AvgIpc) is 3.49. The summed E-state index contributed by atoms with van der Waals surface area (Å²) in [5.41, 5.74) is 6.67. The van der Waals surface area contributed by atoms with Gasteiger partial charge in [-0.2, -0.15) is 0 Å². The molecule has 8 heteroatoms. The van der Waals surface area contributed by atoms with Gasteiger partial charge in [-0.05, 0) is 100 Å². The van der Waals surface area contributed by atoms with Gasteiger partial charge in [0.05, 0.1) is 12.9 Å². The fourth-order valence-electron chi connectivity index (χ4n) is 6.28. The van der Waals surface area contributed by atoms with Crippen LogP contribution in [0.4, 0.5) is 5.69 Å². The zero-order valence-electron chi connectivity index (χ0n) is 36.0. The molecule has 2 atom stereocenters. The molecule has 1 heterocycles. The Morgan fingerprint density at radius 2 is 1.71 bits per heavy atom. The van der Waals surface area contributed by atoms with Crippen molar-refractivity contribution in [3.63, 3.8) is 0 Å². The first-order chi connectivity index (χ1) is 26.6. The van der Waals surface area contributed by atoms with Crippen LogP contribution in [0.1, 0.15) is 139 Å². The van der Waals surface area contributed by atoms with Crippen LogP contribution in [-0.2, 0) is 27.3 Å². The van der Waals surface area contributed by atoms with Gasteiger partial charge in [-0.1, -0.05) is 104 Å². The van der Waals surface area contributed by atoms with Crippen LogP contribution < -0.4 is 10.6 Å². The predicted octanol–water partition coefficient (Wildman–Crippen LogP) is 11.0. The molecule has 0 radical (unpaired) electrons. The number of unbranched alkanes of at least 4 members (excludes halogenated alkanes) is 3. The molecule has 8 nitrogen and oxygen atoms in total. The van der Waals surface area contributed by atoms with Crippen LogP contribution in [0.25, 0.3) is 17.0 Å². The number of benzene rings is 2. The number of allylic oxidation sites excluding steroid dienone is 3. The van der Waals surface area contributed by atoms with Crippen LogP contribution in [0.15, 0.2) is 67.0 Å². The monoisotopic (exact) mass is 757 g/mol. The average molecular weight is 757 g/mol. The Balaban J connectivity index is 0.00000288. The summed E-state index contributed by atoms with van der Waals surface area (Å²) in [7, 11) is 2.11. The van der Waals surface area contributed by atoms with Crippen molar-refractivity contribution in [3.8, 4) is 0 Å². The summed E-state index contributed by atoms with van der Waals surface area (Å²) in [4.78, 5) is 39.7. The molecule has 0 aliphatic carbocycles. The molecule has 3 aromatic rings. The van der Waals surface area contributed by atoms with E-state index in [0.717, 1.165) is 55.4 Å². The minimum absolute atomic E-state index is 0.296. The first-order valence-electron chi connectivity index (χ1n) is 20.6. The van der Waals surface area contributed by atoms with E-state index in [4.69, 9.17) is 4.74 Å². The number of carbonyl (C=O) groups excluding carboxylic acids is 3. The highest BCUT2D eigenvalue weighted by Gasteiger charge is 2.23. The summed E-state index contributed by atoms with van der Waals surface area (Å²) in [5, 5.41) is 7.00. The molecule has 1 aromatic heterocycles. The van der Waals surface area contributed by atoms with Crippen molar-refractivity contribution >= 4 is 40.8 Å². The number of aryl methyl sites for hydroxylation is 1. The highest BCUT2D eigenvalue weighted by atomic mass is 16.5. The Bertz CT molecular complexity index is 1670. The minimum atomic E-state index is -0.762. The van der Waals surface area contributed by atoms with Crippen molar-refractivity contribution in [2.45, 2.75) is 133 Å². The van der Waals surface area contributed by atoms with Gasteiger partial charge in [-0.15, -0.1) is 0 Å². The number of carbonyl (C=O) groups is 3. The summed E-state index contributed by atoms with van der Waals surface area (Å²) >= 11 is 0. The Morgan fingerprint density at radius 3 is 2.35 bits per heavy atom. The summed E-state index contributed by atoms with van der Waals surface area (Å²) in [6.07, 6.45) is 20.1. The van der Waals surface area contributed by atoms with Crippen molar-refractivity contribution in [1.82, 2.24) is 14.8 Å². The zero-order chi connectivity index (χ0) is 41.2. The highest BCUT2D eigenvalue weighted by molar-refractivity contribution is 6.03. The lowest BCUT2D eigenvalue weighted by Crippen LogP contribution is -2.41. The number of anilines is 1. The lowest BCUT2D eigenvalue weighted by Gasteiger charge is -2.19. The Labute approximate surface area is 333 Å². The van der Waals surface area contributed by atoms with Crippen LogP contribution in [-0.4, -0.2) is 60.4 Å². The van der Waals surface area contributed by atoms with Gasteiger partial charge in [0.25, 0.3) is 5.91 Å². The molecule has 2 amide bonds. The molecular weight excluding hydrogens is 685 g/mol. The number of ether oxygens (including phenoxy) is 1. The van der Waals surface area contributed by atoms with E-state index < -0.39 is 6.04 Å². The number of hydrogen-bond donors (Lipinski definition) is 2. The van der Waals surface area contributed by atoms with E-state index >= 15 is 0 Å². The molecular formula is C47H72N4O4. The summed E-state index contributed by atoms with van der Waals surface area (Å²) in [6.45, 7) is 23.5. The van der Waals surface area contributed by atoms with Gasteiger partial charge in [0.2, 0.25) is 5.91 Å². The van der Waals surface area contributed by atoms with Crippen LogP contribution in [0.3, 0.4) is 0 Å². The number of nitrogens with zero attached hydrogens (tertiary/aromatic N) is 2. The number of rotatable bonds is 21. The molecule has 0 saturated carbocycles. The molecule has 0 spiro atoms. The van der Waals surface area contributed by atoms with E-state index in [0.29, 0.717) is 23.8 Å². The van der Waals surface area contributed by atoms with Crippen molar-refractivity contribution in [2.75, 3.05) is 32.1 Å². The third kappa shape index (κ3) is 16.5. The van der Waals surface area contributed by atoms with Gasteiger partial charge in [0.15, 0.2) is 0 Å². The normalized spacial score (nSPS) is 12.4. The number of amides is 2. The molecule has 55 heavy (non-hydrogen) atoms. The first-order valence-corrected chi connectivity index (χ1v) is 20.6. The third-order valence-electron chi connectivity index (χ3n) is 9.12. The highest BCUT2D eigenvalue weighted by Crippen LogP contribution is 2.36. The molecule has 2 N–H and O–H groups in total. The van der Waals surface area contributed by atoms with E-state index in [9.17, 15) is 14.4 Å². The zero-order valence-corrected chi connectivity index (χ0v) is 36.0. The molecule has 0 aliphatic rings. The Hall–Kier alpha value is -4.43. The second-order valence-corrected chi connectivity index (χ2v) is 13.8. The molecule has 2 unspecified atom stereocenters. The topological polar surface area (TPSA) is 92.7 Å². The van der Waals surface area contributed by atoms with Gasteiger partial charge in [0.1, 0.15) is 12.3 Å². The smallest absolute Gasteiger partial charge is 0.251 e. The van der Waals surface area contributed by atoms with Gasteiger partial charge in [-0.25, -0.2) is 0 Å². The van der Waals surface area contributed by atoms with Crippen LogP contribution in [0.5, 0.6) is 0 Å². The van der Waals surface area contributed by atoms with Crippen LogP contribution in [0.2, 0.25) is 0 Å².